The fraction of sp³-hybridized carbons (Fsp3) is 0.292. The highest BCUT2D eigenvalue weighted by Gasteiger charge is 2.15. The quantitative estimate of drug-likeness (QED) is 0.428. The number of rotatable bonds is 9. The van der Waals surface area contributed by atoms with E-state index in [4.69, 9.17) is 34.6 Å². The van der Waals surface area contributed by atoms with Crippen LogP contribution in [0.15, 0.2) is 42.5 Å². The van der Waals surface area contributed by atoms with Crippen molar-refractivity contribution in [3.63, 3.8) is 0 Å². The Morgan fingerprint density at radius 1 is 1.15 bits per heavy atom. The summed E-state index contributed by atoms with van der Waals surface area (Å²) in [5.74, 6) is 1.23. The van der Waals surface area contributed by atoms with Gasteiger partial charge in [0, 0.05) is 16.9 Å². The molecule has 3 aromatic rings. The van der Waals surface area contributed by atoms with Gasteiger partial charge in [-0.2, -0.15) is 9.59 Å². The molecule has 0 bridgehead atoms. The number of carbonyl (C=O) groups is 1. The molecule has 180 valence electrons. The second-order valence-corrected chi connectivity index (χ2v) is 7.21. The van der Waals surface area contributed by atoms with Crippen molar-refractivity contribution in [3.05, 3.63) is 53.7 Å². The Kier molecular flexibility index (Phi) is 9.82. The molecule has 1 amide bonds. The number of aryl methyl sites for hydroxylation is 1. The van der Waals surface area contributed by atoms with Crippen molar-refractivity contribution in [1.29, 1.82) is 0 Å². The maximum Gasteiger partial charge on any atom is 0.373 e. The number of amides is 1. The van der Waals surface area contributed by atoms with Gasteiger partial charge in [-0.3, -0.25) is 9.78 Å². The third-order valence-electron chi connectivity index (χ3n) is 4.60. The van der Waals surface area contributed by atoms with Gasteiger partial charge in [0.15, 0.2) is 11.5 Å². The van der Waals surface area contributed by atoms with E-state index in [1.54, 1.807) is 18.2 Å². The predicted molar refractivity (Wildman–Crippen MR) is 124 cm³/mol. The Morgan fingerprint density at radius 2 is 1.88 bits per heavy atom. The van der Waals surface area contributed by atoms with Crippen molar-refractivity contribution in [2.24, 2.45) is 0 Å². The number of aromatic nitrogens is 1. The van der Waals surface area contributed by atoms with Crippen LogP contribution in [0.3, 0.4) is 0 Å². The van der Waals surface area contributed by atoms with Gasteiger partial charge in [-0.05, 0) is 50.2 Å². The van der Waals surface area contributed by atoms with Crippen LogP contribution in [0.2, 0.25) is 0 Å². The zero-order valence-corrected chi connectivity index (χ0v) is 19.2. The molecule has 10 nitrogen and oxygen atoms in total. The number of benzene rings is 2. The lowest BCUT2D eigenvalue weighted by molar-refractivity contribution is -0.191. The predicted octanol–water partition coefficient (Wildman–Crippen LogP) is 2.12. The van der Waals surface area contributed by atoms with E-state index in [2.05, 4.69) is 10.3 Å². The molecule has 0 aliphatic heterocycles. The van der Waals surface area contributed by atoms with Gasteiger partial charge in [-0.25, -0.2) is 0 Å². The summed E-state index contributed by atoms with van der Waals surface area (Å²) in [5, 5.41) is 12.6. The second-order valence-electron chi connectivity index (χ2n) is 7.21. The zero-order valence-electron chi connectivity index (χ0n) is 19.2. The van der Waals surface area contributed by atoms with Gasteiger partial charge in [-0.1, -0.05) is 6.07 Å². The fourth-order valence-corrected chi connectivity index (χ4v) is 3.19. The number of nitrogen functional groups attached to an aromatic ring is 1. The van der Waals surface area contributed by atoms with Crippen LogP contribution < -0.4 is 25.3 Å². The number of aliphatic hydroxyl groups excluding tert-OH is 1. The van der Waals surface area contributed by atoms with Gasteiger partial charge in [0.25, 0.3) is 5.91 Å². The molecule has 4 N–H and O–H groups in total. The average Bonchev–Trinajstić information content (AvgIpc) is 2.81. The molecule has 0 fully saturated rings. The minimum atomic E-state index is -0.266. The van der Waals surface area contributed by atoms with Crippen LogP contribution in [0.25, 0.3) is 10.9 Å². The first-order valence-electron chi connectivity index (χ1n) is 10.3. The number of hydrogen-bond donors (Lipinski definition) is 3. The average molecular weight is 469 g/mol. The first-order valence-corrected chi connectivity index (χ1v) is 10.3. The molecular weight excluding hydrogens is 442 g/mol. The van der Waals surface area contributed by atoms with Crippen LogP contribution in [0.4, 0.5) is 5.69 Å². The standard InChI is InChI=1S/C23H27N3O5.CO2/c1-14-11-17(24)22-18(25-14)5-4-6-20(22)31-13-15(2)26-23(28)16-7-8-19(30-10-9-27)21(12-16)29-3;2-1-3/h4-8,11-12,15,27H,9-10,13H2,1-3H3,(H2,24,25)(H,26,28);. The molecule has 2 aromatic carbocycles. The summed E-state index contributed by atoms with van der Waals surface area (Å²) >= 11 is 0. The Bertz CT molecular complexity index is 1160. The van der Waals surface area contributed by atoms with E-state index in [9.17, 15) is 4.79 Å². The summed E-state index contributed by atoms with van der Waals surface area (Å²) in [6.07, 6.45) is 0.250. The molecule has 10 heteroatoms. The summed E-state index contributed by atoms with van der Waals surface area (Å²) in [6, 6.07) is 12.0. The molecule has 0 saturated heterocycles. The lowest BCUT2D eigenvalue weighted by atomic mass is 10.1. The number of aliphatic hydroxyl groups is 1. The van der Waals surface area contributed by atoms with Crippen LogP contribution in [0, 0.1) is 6.92 Å². The van der Waals surface area contributed by atoms with E-state index < -0.39 is 0 Å². The van der Waals surface area contributed by atoms with Crippen molar-refractivity contribution in [3.8, 4) is 17.2 Å². The minimum Gasteiger partial charge on any atom is -0.493 e. The van der Waals surface area contributed by atoms with Gasteiger partial charge in [0.05, 0.1) is 30.7 Å². The summed E-state index contributed by atoms with van der Waals surface area (Å²) in [4.78, 5) is 33.4. The van der Waals surface area contributed by atoms with Gasteiger partial charge in [-0.15, -0.1) is 0 Å². The van der Waals surface area contributed by atoms with Crippen LogP contribution >= 0.6 is 0 Å². The lowest BCUT2D eigenvalue weighted by Gasteiger charge is -2.17. The number of carbonyl (C=O) groups excluding carboxylic acids is 3. The molecule has 3 rings (SSSR count). The van der Waals surface area contributed by atoms with Crippen molar-refractivity contribution >= 4 is 28.6 Å². The van der Waals surface area contributed by atoms with Crippen molar-refractivity contribution in [2.75, 3.05) is 32.7 Å². The number of ether oxygens (including phenoxy) is 3. The molecule has 0 spiro atoms. The number of hydrogen-bond acceptors (Lipinski definition) is 9. The summed E-state index contributed by atoms with van der Waals surface area (Å²) in [7, 11) is 1.49. The third kappa shape index (κ3) is 6.93. The Hall–Kier alpha value is -4.14. The normalized spacial score (nSPS) is 10.9. The molecule has 1 atom stereocenters. The first kappa shape index (κ1) is 26.1. The molecule has 0 aliphatic carbocycles. The number of nitrogens with zero attached hydrogens (tertiary/aromatic N) is 1. The molecule has 1 heterocycles. The van der Waals surface area contributed by atoms with E-state index in [0.29, 0.717) is 28.5 Å². The number of nitrogens with two attached hydrogens (primary N) is 1. The monoisotopic (exact) mass is 469 g/mol. The van der Waals surface area contributed by atoms with Crippen molar-refractivity contribution in [2.45, 2.75) is 19.9 Å². The van der Waals surface area contributed by atoms with E-state index in [1.165, 1.54) is 7.11 Å². The topological polar surface area (TPSA) is 150 Å². The molecular formula is C24H27N3O7. The third-order valence-corrected chi connectivity index (χ3v) is 4.60. The smallest absolute Gasteiger partial charge is 0.373 e. The molecule has 1 aromatic heterocycles. The van der Waals surface area contributed by atoms with Crippen LogP contribution in [-0.2, 0) is 9.59 Å². The van der Waals surface area contributed by atoms with Crippen LogP contribution in [-0.4, -0.2) is 55.1 Å². The number of methoxy groups -OCH3 is 1. The largest absolute Gasteiger partial charge is 0.493 e. The van der Waals surface area contributed by atoms with Gasteiger partial charge in [0.2, 0.25) is 0 Å². The number of anilines is 1. The maximum absolute atomic E-state index is 12.6. The first-order chi connectivity index (χ1) is 16.3. The minimum absolute atomic E-state index is 0.110. The van der Waals surface area contributed by atoms with Gasteiger partial charge >= 0.3 is 6.15 Å². The Balaban J connectivity index is 0.00000129. The Labute approximate surface area is 196 Å². The Morgan fingerprint density at radius 3 is 2.56 bits per heavy atom. The van der Waals surface area contributed by atoms with E-state index in [1.807, 2.05) is 38.1 Å². The summed E-state index contributed by atoms with van der Waals surface area (Å²) in [6.45, 7) is 4.03. The van der Waals surface area contributed by atoms with Crippen molar-refractivity contribution < 1.29 is 33.7 Å². The molecule has 0 aliphatic rings. The highest BCUT2D eigenvalue weighted by molar-refractivity contribution is 5.96. The van der Waals surface area contributed by atoms with Gasteiger partial charge < -0.3 is 30.4 Å². The number of pyridine rings is 1. The van der Waals surface area contributed by atoms with Crippen molar-refractivity contribution in [1.82, 2.24) is 10.3 Å². The molecule has 34 heavy (non-hydrogen) atoms. The van der Waals surface area contributed by atoms with E-state index >= 15 is 0 Å². The highest BCUT2D eigenvalue weighted by Crippen LogP contribution is 2.30. The summed E-state index contributed by atoms with van der Waals surface area (Å²) in [5.41, 5.74) is 8.80. The van der Waals surface area contributed by atoms with E-state index in [-0.39, 0.29) is 37.9 Å². The van der Waals surface area contributed by atoms with Crippen LogP contribution in [0.5, 0.6) is 17.2 Å². The number of nitrogens with one attached hydrogen (secondary N) is 1. The molecule has 0 saturated carbocycles. The highest BCUT2D eigenvalue weighted by atomic mass is 16.5. The summed E-state index contributed by atoms with van der Waals surface area (Å²) < 4.78 is 16.6. The van der Waals surface area contributed by atoms with Crippen LogP contribution in [0.1, 0.15) is 23.0 Å². The SMILES string of the molecule is COc1cc(C(=O)NC(C)COc2cccc3nc(C)cc(N)c23)ccc1OCCO.O=C=O. The van der Waals surface area contributed by atoms with Gasteiger partial charge in [0.1, 0.15) is 19.0 Å². The molecule has 1 unspecified atom stereocenters. The van der Waals surface area contributed by atoms with E-state index in [0.717, 1.165) is 16.6 Å². The zero-order chi connectivity index (χ0) is 25.1. The molecule has 0 radical (unpaired) electrons. The number of fused-ring (bicyclic) bond motifs is 1. The maximum atomic E-state index is 12.6. The second kappa shape index (κ2) is 12.8. The fourth-order valence-electron chi connectivity index (χ4n) is 3.19. The lowest BCUT2D eigenvalue weighted by Crippen LogP contribution is -2.36.